The van der Waals surface area contributed by atoms with E-state index in [0.717, 1.165) is 25.9 Å². The number of halogens is 1. The number of piperidine rings is 1. The fourth-order valence-corrected chi connectivity index (χ4v) is 2.42. The van der Waals surface area contributed by atoms with Gasteiger partial charge in [0.05, 0.1) is 6.54 Å². The van der Waals surface area contributed by atoms with Crippen molar-refractivity contribution in [2.45, 2.75) is 12.8 Å². The van der Waals surface area contributed by atoms with Crippen molar-refractivity contribution in [3.8, 4) is 5.75 Å². The molecular weight excluding hydrogens is 318 g/mol. The smallest absolute Gasteiger partial charge is 0.258 e. The summed E-state index contributed by atoms with van der Waals surface area (Å²) in [5.74, 6) is 0.795. The molecule has 2 rings (SSSR count). The minimum Gasteiger partial charge on any atom is -0.484 e. The zero-order valence-corrected chi connectivity index (χ0v) is 13.9. The summed E-state index contributed by atoms with van der Waals surface area (Å²) in [5.41, 5.74) is 5.63. The molecule has 1 saturated heterocycles. The van der Waals surface area contributed by atoms with Crippen LogP contribution in [0.15, 0.2) is 30.3 Å². The Balaban J connectivity index is 0.00000264. The lowest BCUT2D eigenvalue weighted by Crippen LogP contribution is -2.45. The number of benzene rings is 1. The van der Waals surface area contributed by atoms with E-state index in [1.807, 2.05) is 18.2 Å². The molecule has 1 heterocycles. The molecule has 0 bridgehead atoms. The summed E-state index contributed by atoms with van der Waals surface area (Å²) in [4.78, 5) is 25.5. The molecule has 0 saturated carbocycles. The SMILES string of the molecule is Cl.NCC1CCN(C(=O)CNC(=O)COc2ccccc2)CC1. The van der Waals surface area contributed by atoms with Gasteiger partial charge in [-0.15, -0.1) is 12.4 Å². The van der Waals surface area contributed by atoms with E-state index < -0.39 is 0 Å². The highest BCUT2D eigenvalue weighted by Gasteiger charge is 2.21. The summed E-state index contributed by atoms with van der Waals surface area (Å²) in [6.07, 6.45) is 1.88. The first-order valence-corrected chi connectivity index (χ1v) is 7.61. The lowest BCUT2D eigenvalue weighted by atomic mass is 9.97. The van der Waals surface area contributed by atoms with Crippen LogP contribution in [0.4, 0.5) is 0 Å². The molecule has 0 aromatic heterocycles. The van der Waals surface area contributed by atoms with E-state index in [0.29, 0.717) is 18.2 Å². The molecule has 3 N–H and O–H groups in total. The molecule has 1 aliphatic rings. The third kappa shape index (κ3) is 6.46. The normalized spacial score (nSPS) is 14.7. The standard InChI is InChI=1S/C16H23N3O3.ClH/c17-10-13-6-8-19(9-7-13)16(21)11-18-15(20)12-22-14-4-2-1-3-5-14;/h1-5,13H,6-12,17H2,(H,18,20);1H. The van der Waals surface area contributed by atoms with Crippen LogP contribution >= 0.6 is 12.4 Å². The highest BCUT2D eigenvalue weighted by atomic mass is 35.5. The first-order valence-electron chi connectivity index (χ1n) is 7.61. The van der Waals surface area contributed by atoms with Crippen LogP contribution in [-0.4, -0.2) is 49.5 Å². The Labute approximate surface area is 142 Å². The molecule has 0 spiro atoms. The highest BCUT2D eigenvalue weighted by Crippen LogP contribution is 2.15. The number of hydrogen-bond donors (Lipinski definition) is 2. The quantitative estimate of drug-likeness (QED) is 0.801. The summed E-state index contributed by atoms with van der Waals surface area (Å²) < 4.78 is 5.32. The second-order valence-electron chi connectivity index (χ2n) is 5.44. The summed E-state index contributed by atoms with van der Waals surface area (Å²) in [6, 6.07) is 9.10. The predicted molar refractivity (Wildman–Crippen MR) is 90.6 cm³/mol. The Morgan fingerprint density at radius 1 is 1.22 bits per heavy atom. The number of likely N-dealkylation sites (tertiary alicyclic amines) is 1. The summed E-state index contributed by atoms with van der Waals surface area (Å²) >= 11 is 0. The van der Waals surface area contributed by atoms with E-state index in [-0.39, 0.29) is 37.4 Å². The monoisotopic (exact) mass is 341 g/mol. The molecular formula is C16H24ClN3O3. The van der Waals surface area contributed by atoms with Gasteiger partial charge in [0.15, 0.2) is 6.61 Å². The van der Waals surface area contributed by atoms with Crippen LogP contribution in [0.5, 0.6) is 5.75 Å². The number of rotatable bonds is 6. The molecule has 0 atom stereocenters. The van der Waals surface area contributed by atoms with Gasteiger partial charge in [-0.3, -0.25) is 9.59 Å². The van der Waals surface area contributed by atoms with Gasteiger partial charge in [-0.25, -0.2) is 0 Å². The number of nitrogens with one attached hydrogen (secondary N) is 1. The van der Waals surface area contributed by atoms with Crippen molar-refractivity contribution in [2.24, 2.45) is 11.7 Å². The molecule has 0 unspecified atom stereocenters. The third-order valence-electron chi connectivity index (χ3n) is 3.85. The van der Waals surface area contributed by atoms with Crippen molar-refractivity contribution in [3.05, 3.63) is 30.3 Å². The van der Waals surface area contributed by atoms with E-state index in [1.54, 1.807) is 17.0 Å². The van der Waals surface area contributed by atoms with Gasteiger partial charge in [0.2, 0.25) is 5.91 Å². The van der Waals surface area contributed by atoms with Gasteiger partial charge in [-0.05, 0) is 37.4 Å². The molecule has 0 radical (unpaired) electrons. The van der Waals surface area contributed by atoms with Gasteiger partial charge in [0.25, 0.3) is 5.91 Å². The van der Waals surface area contributed by atoms with Crippen LogP contribution in [0.3, 0.4) is 0 Å². The molecule has 6 nitrogen and oxygen atoms in total. The molecule has 0 aliphatic carbocycles. The fraction of sp³-hybridized carbons (Fsp3) is 0.500. The van der Waals surface area contributed by atoms with Crippen LogP contribution in [-0.2, 0) is 9.59 Å². The Bertz CT molecular complexity index is 491. The first kappa shape index (κ1) is 19.3. The second kappa shape index (κ2) is 10.1. The maximum atomic E-state index is 12.0. The Morgan fingerprint density at radius 3 is 2.48 bits per heavy atom. The average molecular weight is 342 g/mol. The molecule has 1 fully saturated rings. The maximum absolute atomic E-state index is 12.0. The van der Waals surface area contributed by atoms with E-state index >= 15 is 0 Å². The van der Waals surface area contributed by atoms with Gasteiger partial charge < -0.3 is 20.7 Å². The number of amides is 2. The maximum Gasteiger partial charge on any atom is 0.258 e. The van der Waals surface area contributed by atoms with Gasteiger partial charge in [0.1, 0.15) is 5.75 Å². The van der Waals surface area contributed by atoms with Crippen molar-refractivity contribution >= 4 is 24.2 Å². The van der Waals surface area contributed by atoms with Crippen molar-refractivity contribution < 1.29 is 14.3 Å². The zero-order chi connectivity index (χ0) is 15.8. The van der Waals surface area contributed by atoms with Crippen molar-refractivity contribution in [1.29, 1.82) is 0 Å². The van der Waals surface area contributed by atoms with Crippen LogP contribution in [0.2, 0.25) is 0 Å². The minimum absolute atomic E-state index is 0. The number of hydrogen-bond acceptors (Lipinski definition) is 4. The van der Waals surface area contributed by atoms with Crippen LogP contribution in [0.25, 0.3) is 0 Å². The number of carbonyl (C=O) groups excluding carboxylic acids is 2. The lowest BCUT2D eigenvalue weighted by molar-refractivity contribution is -0.134. The Kier molecular flexibility index (Phi) is 8.43. The summed E-state index contributed by atoms with van der Waals surface area (Å²) in [5, 5.41) is 2.60. The molecule has 7 heteroatoms. The fourth-order valence-electron chi connectivity index (χ4n) is 2.42. The number of nitrogens with two attached hydrogens (primary N) is 1. The second-order valence-corrected chi connectivity index (χ2v) is 5.44. The summed E-state index contributed by atoms with van der Waals surface area (Å²) in [6.45, 7) is 2.04. The number of carbonyl (C=O) groups is 2. The minimum atomic E-state index is -0.297. The van der Waals surface area contributed by atoms with Crippen LogP contribution in [0, 0.1) is 5.92 Å². The van der Waals surface area contributed by atoms with Crippen LogP contribution in [0.1, 0.15) is 12.8 Å². The third-order valence-corrected chi connectivity index (χ3v) is 3.85. The van der Waals surface area contributed by atoms with Crippen molar-refractivity contribution in [3.63, 3.8) is 0 Å². The van der Waals surface area contributed by atoms with Crippen molar-refractivity contribution in [2.75, 3.05) is 32.8 Å². The Morgan fingerprint density at radius 2 is 1.87 bits per heavy atom. The molecule has 1 aliphatic heterocycles. The predicted octanol–water partition coefficient (Wildman–Crippen LogP) is 0.801. The van der Waals surface area contributed by atoms with Gasteiger partial charge in [0, 0.05) is 13.1 Å². The molecule has 1 aromatic rings. The number of nitrogens with zero attached hydrogens (tertiary/aromatic N) is 1. The zero-order valence-electron chi connectivity index (χ0n) is 13.1. The van der Waals surface area contributed by atoms with Gasteiger partial charge in [-0.1, -0.05) is 18.2 Å². The molecule has 2 amide bonds. The molecule has 128 valence electrons. The van der Waals surface area contributed by atoms with E-state index in [4.69, 9.17) is 10.5 Å². The van der Waals surface area contributed by atoms with E-state index in [1.165, 1.54) is 0 Å². The highest BCUT2D eigenvalue weighted by molar-refractivity contribution is 5.85. The topological polar surface area (TPSA) is 84.7 Å². The number of ether oxygens (including phenoxy) is 1. The molecule has 1 aromatic carbocycles. The molecule has 23 heavy (non-hydrogen) atoms. The van der Waals surface area contributed by atoms with Gasteiger partial charge in [-0.2, -0.15) is 0 Å². The van der Waals surface area contributed by atoms with Crippen LogP contribution < -0.4 is 15.8 Å². The lowest BCUT2D eigenvalue weighted by Gasteiger charge is -2.31. The van der Waals surface area contributed by atoms with E-state index in [2.05, 4.69) is 5.32 Å². The van der Waals surface area contributed by atoms with Crippen molar-refractivity contribution in [1.82, 2.24) is 10.2 Å². The van der Waals surface area contributed by atoms with Gasteiger partial charge >= 0.3 is 0 Å². The number of para-hydroxylation sites is 1. The first-order chi connectivity index (χ1) is 10.7. The average Bonchev–Trinajstić information content (AvgIpc) is 2.58. The largest absolute Gasteiger partial charge is 0.484 e. The Hall–Kier alpha value is -1.79. The van der Waals surface area contributed by atoms with E-state index in [9.17, 15) is 9.59 Å². The summed E-state index contributed by atoms with van der Waals surface area (Å²) in [7, 11) is 0.